The van der Waals surface area contributed by atoms with Crippen LogP contribution in [0.25, 0.3) is 0 Å². The molecule has 0 amide bonds. The molecule has 7 heteroatoms. The molecule has 1 fully saturated rings. The van der Waals surface area contributed by atoms with E-state index in [2.05, 4.69) is 5.43 Å². The smallest absolute Gasteiger partial charge is 0.375 e. The predicted molar refractivity (Wildman–Crippen MR) is 73.3 cm³/mol. The highest BCUT2D eigenvalue weighted by molar-refractivity contribution is 7.99. The van der Waals surface area contributed by atoms with E-state index >= 15 is 0 Å². The Kier molecular flexibility index (Phi) is 5.31. The van der Waals surface area contributed by atoms with Crippen LogP contribution < -0.4 is 11.3 Å². The molecule has 1 heterocycles. The van der Waals surface area contributed by atoms with Crippen molar-refractivity contribution in [3.63, 3.8) is 0 Å². The van der Waals surface area contributed by atoms with E-state index in [4.69, 9.17) is 10.6 Å². The minimum absolute atomic E-state index is 0.0757. The quantitative estimate of drug-likeness (QED) is 0.661. The van der Waals surface area contributed by atoms with E-state index < -0.39 is 11.7 Å². The maximum absolute atomic E-state index is 12.7. The van der Waals surface area contributed by atoms with Gasteiger partial charge in [0.2, 0.25) is 0 Å². The third-order valence-corrected chi connectivity index (χ3v) is 4.23. The Morgan fingerprint density at radius 2 is 2.25 bits per heavy atom. The van der Waals surface area contributed by atoms with Crippen molar-refractivity contribution in [2.24, 2.45) is 5.84 Å². The minimum Gasteiger partial charge on any atom is -0.375 e. The number of hydrogen-bond donors (Lipinski definition) is 2. The SMILES string of the molecule is NNC(Cc1cccc(C(F)(F)F)c1)C1CSCCO1. The number of thioether (sulfide) groups is 1. The zero-order valence-corrected chi connectivity index (χ0v) is 11.6. The van der Waals surface area contributed by atoms with E-state index in [1.807, 2.05) is 0 Å². The Morgan fingerprint density at radius 1 is 1.45 bits per heavy atom. The van der Waals surface area contributed by atoms with E-state index in [1.54, 1.807) is 17.8 Å². The molecule has 1 saturated heterocycles. The van der Waals surface area contributed by atoms with Gasteiger partial charge >= 0.3 is 6.18 Å². The van der Waals surface area contributed by atoms with Gasteiger partial charge in [0, 0.05) is 11.5 Å². The van der Waals surface area contributed by atoms with E-state index in [1.165, 1.54) is 12.1 Å². The van der Waals surface area contributed by atoms with Crippen LogP contribution in [0.1, 0.15) is 11.1 Å². The van der Waals surface area contributed by atoms with Crippen molar-refractivity contribution in [2.45, 2.75) is 24.7 Å². The second-order valence-electron chi connectivity index (χ2n) is 4.66. The van der Waals surface area contributed by atoms with Crippen LogP contribution in [-0.2, 0) is 17.3 Å². The largest absolute Gasteiger partial charge is 0.416 e. The number of rotatable bonds is 4. The standard InChI is InChI=1S/C13H17F3N2OS/c14-13(15,16)10-3-1-2-9(6-10)7-11(18-17)12-8-20-5-4-19-12/h1-3,6,11-12,18H,4-5,7-8,17H2. The first-order chi connectivity index (χ1) is 9.50. The Balaban J connectivity index is 2.07. The van der Waals surface area contributed by atoms with Crippen molar-refractivity contribution in [1.29, 1.82) is 0 Å². The summed E-state index contributed by atoms with van der Waals surface area (Å²) in [7, 11) is 0. The molecule has 2 atom stereocenters. The van der Waals surface area contributed by atoms with Crippen LogP contribution in [0.3, 0.4) is 0 Å². The topological polar surface area (TPSA) is 47.3 Å². The normalized spacial score (nSPS) is 21.7. The third kappa shape index (κ3) is 4.12. The van der Waals surface area contributed by atoms with Crippen LogP contribution in [0.5, 0.6) is 0 Å². The molecule has 0 bridgehead atoms. The Labute approximate surface area is 120 Å². The lowest BCUT2D eigenvalue weighted by Gasteiger charge is -2.29. The summed E-state index contributed by atoms with van der Waals surface area (Å²) in [5.74, 6) is 7.26. The van der Waals surface area contributed by atoms with Gasteiger partial charge in [0.25, 0.3) is 0 Å². The summed E-state index contributed by atoms with van der Waals surface area (Å²) in [6.45, 7) is 0.649. The fraction of sp³-hybridized carbons (Fsp3) is 0.538. The lowest BCUT2D eigenvalue weighted by atomic mass is 10.0. The van der Waals surface area contributed by atoms with Gasteiger partial charge in [-0.15, -0.1) is 0 Å². The molecular formula is C13H17F3N2OS. The van der Waals surface area contributed by atoms with Crippen molar-refractivity contribution in [3.05, 3.63) is 35.4 Å². The number of hydrogen-bond acceptors (Lipinski definition) is 4. The maximum atomic E-state index is 12.7. The highest BCUT2D eigenvalue weighted by Gasteiger charge is 2.31. The lowest BCUT2D eigenvalue weighted by molar-refractivity contribution is -0.137. The first-order valence-corrected chi connectivity index (χ1v) is 7.48. The predicted octanol–water partition coefficient (Wildman–Crippen LogP) is 2.21. The molecule has 1 aromatic rings. The molecule has 2 rings (SSSR count). The van der Waals surface area contributed by atoms with Crippen molar-refractivity contribution in [2.75, 3.05) is 18.1 Å². The van der Waals surface area contributed by atoms with Crippen LogP contribution in [-0.4, -0.2) is 30.3 Å². The van der Waals surface area contributed by atoms with Crippen molar-refractivity contribution in [3.8, 4) is 0 Å². The van der Waals surface area contributed by atoms with Gasteiger partial charge in [-0.3, -0.25) is 11.3 Å². The molecule has 20 heavy (non-hydrogen) atoms. The first kappa shape index (κ1) is 15.6. The fourth-order valence-electron chi connectivity index (χ4n) is 2.16. The highest BCUT2D eigenvalue weighted by Crippen LogP contribution is 2.30. The van der Waals surface area contributed by atoms with Crippen molar-refractivity contribution < 1.29 is 17.9 Å². The maximum Gasteiger partial charge on any atom is 0.416 e. The molecule has 3 nitrogen and oxygen atoms in total. The monoisotopic (exact) mass is 306 g/mol. The first-order valence-electron chi connectivity index (χ1n) is 6.32. The zero-order valence-electron chi connectivity index (χ0n) is 10.8. The van der Waals surface area contributed by atoms with Gasteiger partial charge in [-0.2, -0.15) is 24.9 Å². The highest BCUT2D eigenvalue weighted by atomic mass is 32.2. The van der Waals surface area contributed by atoms with Gasteiger partial charge in [-0.1, -0.05) is 18.2 Å². The molecule has 1 aliphatic heterocycles. The van der Waals surface area contributed by atoms with Crippen LogP contribution >= 0.6 is 11.8 Å². The Hall–Kier alpha value is -0.760. The fourth-order valence-corrected chi connectivity index (χ4v) is 3.11. The number of benzene rings is 1. The molecule has 0 spiro atoms. The molecule has 0 aromatic heterocycles. The second kappa shape index (κ2) is 6.80. The summed E-state index contributed by atoms with van der Waals surface area (Å²) in [6, 6.07) is 5.14. The average Bonchev–Trinajstić information content (AvgIpc) is 2.45. The van der Waals surface area contributed by atoms with E-state index in [0.29, 0.717) is 18.6 Å². The molecule has 3 N–H and O–H groups in total. The Bertz CT molecular complexity index is 436. The van der Waals surface area contributed by atoms with Gasteiger partial charge in [0.05, 0.1) is 24.3 Å². The summed E-state index contributed by atoms with van der Waals surface area (Å²) in [4.78, 5) is 0. The number of nitrogens with two attached hydrogens (primary N) is 1. The van der Waals surface area contributed by atoms with Crippen molar-refractivity contribution >= 4 is 11.8 Å². The molecule has 112 valence electrons. The summed E-state index contributed by atoms with van der Waals surface area (Å²) in [5, 5.41) is 0. The molecule has 2 unspecified atom stereocenters. The number of ether oxygens (including phenoxy) is 1. The number of nitrogens with one attached hydrogen (secondary N) is 1. The third-order valence-electron chi connectivity index (χ3n) is 3.21. The van der Waals surface area contributed by atoms with Gasteiger partial charge in [0.1, 0.15) is 0 Å². The van der Waals surface area contributed by atoms with Gasteiger partial charge < -0.3 is 4.74 Å². The average molecular weight is 306 g/mol. The zero-order chi connectivity index (χ0) is 14.6. The van der Waals surface area contributed by atoms with Crippen LogP contribution in [0.4, 0.5) is 13.2 Å². The summed E-state index contributed by atoms with van der Waals surface area (Å²) >= 11 is 1.76. The Morgan fingerprint density at radius 3 is 2.85 bits per heavy atom. The van der Waals surface area contributed by atoms with Crippen molar-refractivity contribution in [1.82, 2.24) is 5.43 Å². The van der Waals surface area contributed by atoms with Crippen LogP contribution in [0.2, 0.25) is 0 Å². The number of halogens is 3. The van der Waals surface area contributed by atoms with Crippen LogP contribution in [0, 0.1) is 0 Å². The molecule has 1 aliphatic rings. The lowest BCUT2D eigenvalue weighted by Crippen LogP contribution is -2.49. The number of hydrazine groups is 1. The second-order valence-corrected chi connectivity index (χ2v) is 5.81. The molecular weight excluding hydrogens is 289 g/mol. The van der Waals surface area contributed by atoms with E-state index in [0.717, 1.165) is 17.6 Å². The van der Waals surface area contributed by atoms with Gasteiger partial charge in [-0.05, 0) is 18.1 Å². The molecule has 0 aliphatic carbocycles. The molecule has 0 saturated carbocycles. The summed E-state index contributed by atoms with van der Waals surface area (Å²) in [5.41, 5.74) is 2.62. The van der Waals surface area contributed by atoms with E-state index in [-0.39, 0.29) is 12.1 Å². The number of alkyl halides is 3. The summed E-state index contributed by atoms with van der Waals surface area (Å²) < 4.78 is 43.6. The minimum atomic E-state index is -4.32. The molecule has 0 radical (unpaired) electrons. The van der Waals surface area contributed by atoms with Gasteiger partial charge in [0.15, 0.2) is 0 Å². The summed E-state index contributed by atoms with van der Waals surface area (Å²) in [6.07, 6.45) is -3.99. The molecule has 1 aromatic carbocycles. The van der Waals surface area contributed by atoms with Gasteiger partial charge in [-0.25, -0.2) is 0 Å². The van der Waals surface area contributed by atoms with Crippen LogP contribution in [0.15, 0.2) is 24.3 Å². The van der Waals surface area contributed by atoms with E-state index in [9.17, 15) is 13.2 Å².